The number of hydrogen-bond acceptors (Lipinski definition) is 1. The minimum absolute atomic E-state index is 0.334. The second kappa shape index (κ2) is 2.99. The van der Waals surface area contributed by atoms with Gasteiger partial charge in [-0.25, -0.2) is 0 Å². The summed E-state index contributed by atoms with van der Waals surface area (Å²) >= 11 is 0. The molecule has 0 saturated carbocycles. The van der Waals surface area contributed by atoms with Gasteiger partial charge in [0.05, 0.1) is 5.92 Å². The Morgan fingerprint density at radius 2 is 2.00 bits per heavy atom. The Hall–Kier alpha value is -0.680. The van der Waals surface area contributed by atoms with Gasteiger partial charge in [0.1, 0.15) is 0 Å². The summed E-state index contributed by atoms with van der Waals surface area (Å²) in [6.07, 6.45) is 0.912. The monoisotopic (exact) mass is 179 g/mol. The molecule has 1 nitrogen and oxygen atoms in total. The standard InChI is InChI=1S/C10H12OP/c1-8-7-12(11)10(8)9-5-3-2-4-6-9/h2-6,8,10H,7H2,1H3/q+1. The molecule has 3 unspecified atom stereocenters. The fraction of sp³-hybridized carbons (Fsp3) is 0.400. The molecule has 1 fully saturated rings. The van der Waals surface area contributed by atoms with E-state index in [4.69, 9.17) is 0 Å². The first-order valence-corrected chi connectivity index (χ1v) is 5.79. The van der Waals surface area contributed by atoms with Gasteiger partial charge in [-0.15, -0.1) is 0 Å². The van der Waals surface area contributed by atoms with E-state index >= 15 is 0 Å². The van der Waals surface area contributed by atoms with Crippen molar-refractivity contribution in [2.75, 3.05) is 6.16 Å². The van der Waals surface area contributed by atoms with Crippen molar-refractivity contribution >= 4 is 7.80 Å². The Labute approximate surface area is 73.6 Å². The van der Waals surface area contributed by atoms with E-state index in [2.05, 4.69) is 19.1 Å². The van der Waals surface area contributed by atoms with E-state index in [9.17, 15) is 4.57 Å². The van der Waals surface area contributed by atoms with Gasteiger partial charge in [0, 0.05) is 5.56 Å². The van der Waals surface area contributed by atoms with Crippen molar-refractivity contribution in [2.45, 2.75) is 12.6 Å². The first kappa shape index (κ1) is 7.94. The SMILES string of the molecule is CC1C[P+](=O)C1c1ccccc1. The Morgan fingerprint density at radius 1 is 1.33 bits per heavy atom. The molecule has 1 aliphatic rings. The molecule has 1 aromatic rings. The smallest absolute Gasteiger partial charge is 0.0741 e. The highest BCUT2D eigenvalue weighted by atomic mass is 31.1. The average molecular weight is 179 g/mol. The predicted octanol–water partition coefficient (Wildman–Crippen LogP) is 3.20. The van der Waals surface area contributed by atoms with Crippen molar-refractivity contribution in [1.82, 2.24) is 0 Å². The lowest BCUT2D eigenvalue weighted by atomic mass is 10.0. The summed E-state index contributed by atoms with van der Waals surface area (Å²) in [4.78, 5) is 0. The number of rotatable bonds is 1. The molecule has 1 saturated heterocycles. The molecule has 1 aromatic carbocycles. The molecule has 1 heterocycles. The van der Waals surface area contributed by atoms with E-state index in [-0.39, 0.29) is 0 Å². The normalized spacial score (nSPS) is 31.2. The zero-order valence-electron chi connectivity index (χ0n) is 7.10. The lowest BCUT2D eigenvalue weighted by molar-refractivity contribution is 0.500. The molecule has 12 heavy (non-hydrogen) atoms. The summed E-state index contributed by atoms with van der Waals surface area (Å²) in [5.74, 6) is 0.607. The van der Waals surface area contributed by atoms with Gasteiger partial charge in [-0.05, 0) is 0 Å². The van der Waals surface area contributed by atoms with Crippen LogP contribution in [-0.2, 0) is 4.57 Å². The number of hydrogen-bond donors (Lipinski definition) is 0. The molecule has 0 radical (unpaired) electrons. The summed E-state index contributed by atoms with van der Waals surface area (Å²) in [5, 5.41) is 0. The fourth-order valence-corrected chi connectivity index (χ4v) is 3.58. The lowest BCUT2D eigenvalue weighted by Gasteiger charge is -2.21. The molecule has 0 aromatic heterocycles. The Balaban J connectivity index is 2.26. The maximum atomic E-state index is 11.4. The van der Waals surface area contributed by atoms with Crippen molar-refractivity contribution in [1.29, 1.82) is 0 Å². The summed E-state index contributed by atoms with van der Waals surface area (Å²) in [7, 11) is -0.947. The minimum atomic E-state index is -0.947. The molecule has 2 rings (SSSR count). The van der Waals surface area contributed by atoms with Gasteiger partial charge in [0.15, 0.2) is 11.8 Å². The van der Waals surface area contributed by atoms with E-state index in [1.54, 1.807) is 0 Å². The van der Waals surface area contributed by atoms with E-state index in [1.807, 2.05) is 18.2 Å². The first-order chi connectivity index (χ1) is 5.79. The van der Waals surface area contributed by atoms with Crippen LogP contribution in [0.1, 0.15) is 18.1 Å². The molecule has 3 atom stereocenters. The second-order valence-electron chi connectivity index (χ2n) is 3.43. The van der Waals surface area contributed by atoms with Crippen LogP contribution >= 0.6 is 7.80 Å². The van der Waals surface area contributed by atoms with E-state index in [0.29, 0.717) is 11.6 Å². The first-order valence-electron chi connectivity index (χ1n) is 4.28. The summed E-state index contributed by atoms with van der Waals surface area (Å²) < 4.78 is 11.4. The van der Waals surface area contributed by atoms with Gasteiger partial charge in [-0.1, -0.05) is 41.8 Å². The molecular weight excluding hydrogens is 167 g/mol. The second-order valence-corrected chi connectivity index (χ2v) is 5.19. The van der Waals surface area contributed by atoms with Crippen molar-refractivity contribution in [3.8, 4) is 0 Å². The van der Waals surface area contributed by atoms with E-state index in [0.717, 1.165) is 6.16 Å². The van der Waals surface area contributed by atoms with Gasteiger partial charge in [0.25, 0.3) is 0 Å². The zero-order valence-corrected chi connectivity index (χ0v) is 8.00. The number of benzene rings is 1. The highest BCUT2D eigenvalue weighted by Crippen LogP contribution is 2.57. The average Bonchev–Trinajstić information content (AvgIpc) is 2.05. The summed E-state index contributed by atoms with van der Waals surface area (Å²) in [6, 6.07) is 10.2. The van der Waals surface area contributed by atoms with Crippen LogP contribution in [0.3, 0.4) is 0 Å². The van der Waals surface area contributed by atoms with E-state index in [1.165, 1.54) is 5.56 Å². The van der Waals surface area contributed by atoms with Crippen LogP contribution < -0.4 is 0 Å². The minimum Gasteiger partial charge on any atom is -0.0741 e. The van der Waals surface area contributed by atoms with Crippen molar-refractivity contribution in [3.63, 3.8) is 0 Å². The molecule has 0 bridgehead atoms. The third-order valence-corrected chi connectivity index (χ3v) is 4.82. The Kier molecular flexibility index (Phi) is 1.98. The maximum absolute atomic E-state index is 11.4. The van der Waals surface area contributed by atoms with Gasteiger partial charge in [-0.3, -0.25) is 0 Å². The third kappa shape index (κ3) is 1.19. The van der Waals surface area contributed by atoms with Crippen molar-refractivity contribution in [3.05, 3.63) is 35.9 Å². The van der Waals surface area contributed by atoms with Crippen LogP contribution in [-0.4, -0.2) is 6.16 Å². The molecule has 0 aliphatic carbocycles. The summed E-state index contributed by atoms with van der Waals surface area (Å²) in [6.45, 7) is 2.17. The lowest BCUT2D eigenvalue weighted by Crippen LogP contribution is -2.19. The molecular formula is C10H12OP+. The van der Waals surface area contributed by atoms with Gasteiger partial charge in [0.2, 0.25) is 0 Å². The molecule has 2 heteroatoms. The molecule has 0 spiro atoms. The van der Waals surface area contributed by atoms with Gasteiger partial charge in [-0.2, -0.15) is 0 Å². The molecule has 0 N–H and O–H groups in total. The zero-order chi connectivity index (χ0) is 8.55. The highest BCUT2D eigenvalue weighted by Gasteiger charge is 2.49. The van der Waals surface area contributed by atoms with E-state index < -0.39 is 7.80 Å². The molecule has 0 amide bonds. The van der Waals surface area contributed by atoms with Crippen LogP contribution in [0.2, 0.25) is 0 Å². The van der Waals surface area contributed by atoms with Crippen LogP contribution in [0.4, 0.5) is 0 Å². The predicted molar refractivity (Wildman–Crippen MR) is 50.8 cm³/mol. The van der Waals surface area contributed by atoms with Crippen LogP contribution in [0.5, 0.6) is 0 Å². The Morgan fingerprint density at radius 3 is 2.50 bits per heavy atom. The van der Waals surface area contributed by atoms with Crippen LogP contribution in [0.25, 0.3) is 0 Å². The van der Waals surface area contributed by atoms with Crippen LogP contribution in [0, 0.1) is 5.92 Å². The third-order valence-electron chi connectivity index (χ3n) is 2.46. The molecule has 62 valence electrons. The van der Waals surface area contributed by atoms with Crippen molar-refractivity contribution in [2.24, 2.45) is 5.92 Å². The summed E-state index contributed by atoms with van der Waals surface area (Å²) in [5.41, 5.74) is 1.58. The Bertz CT molecular complexity index is 294. The van der Waals surface area contributed by atoms with Crippen molar-refractivity contribution < 1.29 is 4.57 Å². The van der Waals surface area contributed by atoms with Gasteiger partial charge >= 0.3 is 7.80 Å². The highest BCUT2D eigenvalue weighted by molar-refractivity contribution is 7.47. The fourth-order valence-electron chi connectivity index (χ4n) is 1.79. The largest absolute Gasteiger partial charge is 0.347 e. The molecule has 1 aliphatic heterocycles. The van der Waals surface area contributed by atoms with Gasteiger partial charge < -0.3 is 0 Å². The quantitative estimate of drug-likeness (QED) is 0.605. The topological polar surface area (TPSA) is 17.1 Å². The van der Waals surface area contributed by atoms with Crippen LogP contribution in [0.15, 0.2) is 30.3 Å². The maximum Gasteiger partial charge on any atom is 0.347 e.